The first-order valence-electron chi connectivity index (χ1n) is 7.73. The molecule has 1 heterocycles. The normalized spacial score (nSPS) is 17.6. The van der Waals surface area contributed by atoms with Gasteiger partial charge in [-0.3, -0.25) is 0 Å². The van der Waals surface area contributed by atoms with Gasteiger partial charge in [-0.2, -0.15) is 0 Å². The summed E-state index contributed by atoms with van der Waals surface area (Å²) in [6, 6.07) is 9.49. The molecular weight excluding hydrogens is 264 g/mol. The van der Waals surface area contributed by atoms with Crippen molar-refractivity contribution in [3.8, 4) is 0 Å². The lowest BCUT2D eigenvalue weighted by Gasteiger charge is -2.33. The van der Waals surface area contributed by atoms with Gasteiger partial charge in [0.2, 0.25) is 0 Å². The summed E-state index contributed by atoms with van der Waals surface area (Å²) in [4.78, 5) is 13.2. The molecular formula is C17H26N2O2. The monoisotopic (exact) mass is 290 g/mol. The van der Waals surface area contributed by atoms with Gasteiger partial charge in [0, 0.05) is 25.2 Å². The average molecular weight is 290 g/mol. The molecule has 4 heteroatoms. The minimum atomic E-state index is -0.207. The Morgan fingerprint density at radius 1 is 1.38 bits per heavy atom. The van der Waals surface area contributed by atoms with E-state index >= 15 is 0 Å². The van der Waals surface area contributed by atoms with Crippen molar-refractivity contribution >= 4 is 6.09 Å². The first kappa shape index (κ1) is 15.8. The van der Waals surface area contributed by atoms with E-state index in [4.69, 9.17) is 4.74 Å². The van der Waals surface area contributed by atoms with Crippen molar-refractivity contribution in [3.05, 3.63) is 35.4 Å². The highest BCUT2D eigenvalue weighted by Gasteiger charge is 2.23. The van der Waals surface area contributed by atoms with Crippen LogP contribution in [0, 0.1) is 6.92 Å². The van der Waals surface area contributed by atoms with Crippen LogP contribution in [0.15, 0.2) is 24.3 Å². The lowest BCUT2D eigenvalue weighted by atomic mass is 9.99. The molecule has 1 atom stereocenters. The molecule has 1 aliphatic heterocycles. The Hall–Kier alpha value is -1.55. The lowest BCUT2D eigenvalue weighted by Crippen LogP contribution is -2.47. The molecule has 1 aliphatic rings. The Morgan fingerprint density at radius 2 is 2.05 bits per heavy atom. The third-order valence-corrected chi connectivity index (χ3v) is 4.24. The van der Waals surface area contributed by atoms with E-state index in [1.54, 1.807) is 4.90 Å². The van der Waals surface area contributed by atoms with Crippen molar-refractivity contribution in [1.29, 1.82) is 0 Å². The summed E-state index contributed by atoms with van der Waals surface area (Å²) >= 11 is 0. The lowest BCUT2D eigenvalue weighted by molar-refractivity contribution is 0.109. The predicted octanol–water partition coefficient (Wildman–Crippen LogP) is 2.75. The van der Waals surface area contributed by atoms with Gasteiger partial charge in [0.05, 0.1) is 7.11 Å². The van der Waals surface area contributed by atoms with E-state index in [1.807, 2.05) is 0 Å². The van der Waals surface area contributed by atoms with Gasteiger partial charge in [0.15, 0.2) is 0 Å². The highest BCUT2D eigenvalue weighted by molar-refractivity contribution is 5.67. The molecule has 1 unspecified atom stereocenters. The highest BCUT2D eigenvalue weighted by Crippen LogP contribution is 2.14. The van der Waals surface area contributed by atoms with Crippen molar-refractivity contribution in [3.63, 3.8) is 0 Å². The van der Waals surface area contributed by atoms with Crippen LogP contribution in [0.1, 0.15) is 30.9 Å². The second-order valence-corrected chi connectivity index (χ2v) is 5.93. The van der Waals surface area contributed by atoms with Crippen LogP contribution < -0.4 is 5.32 Å². The zero-order chi connectivity index (χ0) is 15.2. The minimum absolute atomic E-state index is 0.207. The Morgan fingerprint density at radius 3 is 2.67 bits per heavy atom. The van der Waals surface area contributed by atoms with Crippen LogP contribution in [0.25, 0.3) is 0 Å². The first-order valence-corrected chi connectivity index (χ1v) is 7.73. The molecule has 1 aromatic carbocycles. The number of methoxy groups -OCH3 is 1. The van der Waals surface area contributed by atoms with Gasteiger partial charge < -0.3 is 15.0 Å². The molecule has 0 saturated carbocycles. The zero-order valence-corrected chi connectivity index (χ0v) is 13.3. The van der Waals surface area contributed by atoms with E-state index in [-0.39, 0.29) is 6.09 Å². The highest BCUT2D eigenvalue weighted by atomic mass is 16.5. The summed E-state index contributed by atoms with van der Waals surface area (Å²) in [6.07, 6.45) is 2.83. The summed E-state index contributed by atoms with van der Waals surface area (Å²) in [7, 11) is 1.44. The largest absolute Gasteiger partial charge is 0.453 e. The Balaban J connectivity index is 1.78. The third kappa shape index (κ3) is 4.46. The third-order valence-electron chi connectivity index (χ3n) is 4.24. The molecule has 1 amide bonds. The number of likely N-dealkylation sites (tertiary alicyclic amines) is 1. The van der Waals surface area contributed by atoms with Gasteiger partial charge in [0.25, 0.3) is 0 Å². The van der Waals surface area contributed by atoms with Crippen molar-refractivity contribution in [2.45, 2.75) is 45.2 Å². The average Bonchev–Trinajstić information content (AvgIpc) is 2.49. The standard InChI is InChI=1S/C17H26N2O2/c1-13-6-4-5-7-15(13)12-14(2)18-16-8-10-19(11-9-16)17(20)21-3/h4-7,14,16,18H,8-12H2,1-3H3. The number of hydrogen-bond donors (Lipinski definition) is 1. The molecule has 1 saturated heterocycles. The maximum Gasteiger partial charge on any atom is 0.409 e. The quantitative estimate of drug-likeness (QED) is 0.927. The van der Waals surface area contributed by atoms with Crippen molar-refractivity contribution in [1.82, 2.24) is 10.2 Å². The second kappa shape index (κ2) is 7.46. The van der Waals surface area contributed by atoms with Gasteiger partial charge in [-0.1, -0.05) is 24.3 Å². The van der Waals surface area contributed by atoms with Crippen LogP contribution in [-0.2, 0) is 11.2 Å². The van der Waals surface area contributed by atoms with Gasteiger partial charge in [0.1, 0.15) is 0 Å². The van der Waals surface area contributed by atoms with E-state index in [9.17, 15) is 4.79 Å². The molecule has 0 aromatic heterocycles. The number of nitrogens with zero attached hydrogens (tertiary/aromatic N) is 1. The molecule has 1 aromatic rings. The molecule has 0 spiro atoms. The van der Waals surface area contributed by atoms with Gasteiger partial charge in [-0.05, 0) is 44.2 Å². The maximum atomic E-state index is 11.5. The van der Waals surface area contributed by atoms with Crippen LogP contribution in [0.3, 0.4) is 0 Å². The number of aryl methyl sites for hydroxylation is 1. The molecule has 21 heavy (non-hydrogen) atoms. The SMILES string of the molecule is COC(=O)N1CCC(NC(C)Cc2ccccc2C)CC1. The Labute approximate surface area is 127 Å². The first-order chi connectivity index (χ1) is 10.1. The van der Waals surface area contributed by atoms with E-state index in [1.165, 1.54) is 18.2 Å². The van der Waals surface area contributed by atoms with E-state index < -0.39 is 0 Å². The molecule has 1 N–H and O–H groups in total. The number of hydrogen-bond acceptors (Lipinski definition) is 3. The zero-order valence-electron chi connectivity index (χ0n) is 13.3. The molecule has 116 valence electrons. The molecule has 4 nitrogen and oxygen atoms in total. The topological polar surface area (TPSA) is 41.6 Å². The van der Waals surface area contributed by atoms with E-state index in [0.717, 1.165) is 32.4 Å². The minimum Gasteiger partial charge on any atom is -0.453 e. The van der Waals surface area contributed by atoms with E-state index in [0.29, 0.717) is 12.1 Å². The summed E-state index contributed by atoms with van der Waals surface area (Å²) in [5.74, 6) is 0. The molecule has 0 bridgehead atoms. The summed E-state index contributed by atoms with van der Waals surface area (Å²) in [5, 5.41) is 3.69. The summed E-state index contributed by atoms with van der Waals surface area (Å²) in [6.45, 7) is 5.96. The number of rotatable bonds is 4. The number of carbonyl (C=O) groups is 1. The Kier molecular flexibility index (Phi) is 5.62. The number of piperidine rings is 1. The van der Waals surface area contributed by atoms with Crippen LogP contribution in [0.2, 0.25) is 0 Å². The number of nitrogens with one attached hydrogen (secondary N) is 1. The van der Waals surface area contributed by atoms with Crippen LogP contribution in [-0.4, -0.2) is 43.3 Å². The number of carbonyl (C=O) groups excluding carboxylic acids is 1. The predicted molar refractivity (Wildman–Crippen MR) is 84.5 cm³/mol. The molecule has 1 fully saturated rings. The van der Waals surface area contributed by atoms with Gasteiger partial charge in [-0.25, -0.2) is 4.79 Å². The van der Waals surface area contributed by atoms with Crippen LogP contribution in [0.5, 0.6) is 0 Å². The van der Waals surface area contributed by atoms with Crippen molar-refractivity contribution in [2.75, 3.05) is 20.2 Å². The number of amides is 1. The smallest absolute Gasteiger partial charge is 0.409 e. The van der Waals surface area contributed by atoms with Crippen LogP contribution >= 0.6 is 0 Å². The fourth-order valence-electron chi connectivity index (χ4n) is 2.99. The molecule has 0 aliphatic carbocycles. The van der Waals surface area contributed by atoms with Crippen molar-refractivity contribution in [2.24, 2.45) is 0 Å². The number of benzene rings is 1. The Bertz CT molecular complexity index is 468. The maximum absolute atomic E-state index is 11.5. The van der Waals surface area contributed by atoms with Crippen molar-refractivity contribution < 1.29 is 9.53 Å². The summed E-state index contributed by atoms with van der Waals surface area (Å²) < 4.78 is 4.76. The van der Waals surface area contributed by atoms with E-state index in [2.05, 4.69) is 43.4 Å². The fraction of sp³-hybridized carbons (Fsp3) is 0.588. The molecule has 0 radical (unpaired) electrons. The second-order valence-electron chi connectivity index (χ2n) is 5.93. The van der Waals surface area contributed by atoms with Crippen LogP contribution in [0.4, 0.5) is 4.79 Å². The number of ether oxygens (including phenoxy) is 1. The fourth-order valence-corrected chi connectivity index (χ4v) is 2.99. The van der Waals surface area contributed by atoms with Gasteiger partial charge >= 0.3 is 6.09 Å². The summed E-state index contributed by atoms with van der Waals surface area (Å²) in [5.41, 5.74) is 2.76. The van der Waals surface area contributed by atoms with Gasteiger partial charge in [-0.15, -0.1) is 0 Å². The molecule has 2 rings (SSSR count).